The van der Waals surface area contributed by atoms with E-state index in [0.29, 0.717) is 30.5 Å². The summed E-state index contributed by atoms with van der Waals surface area (Å²) in [6.07, 6.45) is 1.59. The van der Waals surface area contributed by atoms with Gasteiger partial charge in [0.25, 0.3) is 0 Å². The summed E-state index contributed by atoms with van der Waals surface area (Å²) in [5.74, 6) is 0.873. The average Bonchev–Trinajstić information content (AvgIpc) is 2.97. The fourth-order valence-electron chi connectivity index (χ4n) is 2.94. The van der Waals surface area contributed by atoms with Gasteiger partial charge in [0.1, 0.15) is 5.75 Å². The lowest BCUT2D eigenvalue weighted by Crippen LogP contribution is -2.41. The Morgan fingerprint density at radius 2 is 2.33 bits per heavy atom. The molecule has 3 rings (SSSR count). The zero-order valence-electron chi connectivity index (χ0n) is 11.7. The van der Waals surface area contributed by atoms with Crippen molar-refractivity contribution in [2.24, 2.45) is 5.92 Å². The Bertz CT molecular complexity index is 538. The third-order valence-electron chi connectivity index (χ3n) is 4.15. The van der Waals surface area contributed by atoms with Gasteiger partial charge in [0, 0.05) is 37.6 Å². The summed E-state index contributed by atoms with van der Waals surface area (Å²) in [7, 11) is 0. The molecule has 0 saturated carbocycles. The van der Waals surface area contributed by atoms with Crippen LogP contribution in [0, 0.1) is 5.92 Å². The Kier molecular flexibility index (Phi) is 4.22. The zero-order valence-corrected chi connectivity index (χ0v) is 12.5. The topological polar surface area (TPSA) is 61.8 Å². The van der Waals surface area contributed by atoms with Gasteiger partial charge in [-0.25, -0.2) is 4.79 Å². The Hall–Kier alpha value is -1.46. The number of benzene rings is 1. The van der Waals surface area contributed by atoms with Gasteiger partial charge < -0.3 is 20.1 Å². The number of para-hydroxylation sites is 1. The highest BCUT2D eigenvalue weighted by molar-refractivity contribution is 6.32. The van der Waals surface area contributed by atoms with Crippen LogP contribution in [0.1, 0.15) is 24.4 Å². The summed E-state index contributed by atoms with van der Waals surface area (Å²) in [5, 5.41) is 12.8. The lowest BCUT2D eigenvalue weighted by molar-refractivity contribution is 0.188. The van der Waals surface area contributed by atoms with E-state index in [1.807, 2.05) is 12.1 Å². The van der Waals surface area contributed by atoms with Crippen molar-refractivity contribution in [3.63, 3.8) is 0 Å². The van der Waals surface area contributed by atoms with Crippen LogP contribution in [0.15, 0.2) is 18.2 Å². The predicted octanol–water partition coefficient (Wildman–Crippen LogP) is 2.19. The number of ether oxygens (including phenoxy) is 1. The van der Waals surface area contributed by atoms with Gasteiger partial charge in [-0.2, -0.15) is 0 Å². The molecule has 0 aliphatic carbocycles. The third-order valence-corrected chi connectivity index (χ3v) is 4.45. The van der Waals surface area contributed by atoms with Crippen molar-refractivity contribution < 1.29 is 14.6 Å². The number of fused-ring (bicyclic) bond motifs is 1. The van der Waals surface area contributed by atoms with Crippen LogP contribution in [0.25, 0.3) is 0 Å². The van der Waals surface area contributed by atoms with Crippen molar-refractivity contribution in [3.8, 4) is 5.75 Å². The van der Waals surface area contributed by atoms with Crippen molar-refractivity contribution >= 4 is 17.6 Å². The molecular weight excluding hydrogens is 292 g/mol. The number of hydrogen-bond acceptors (Lipinski definition) is 3. The quantitative estimate of drug-likeness (QED) is 0.880. The van der Waals surface area contributed by atoms with Crippen LogP contribution in [0.3, 0.4) is 0 Å². The SMILES string of the molecule is O=C(NC1CCOc2c(Cl)cccc21)N1CCC(CO)C1. The van der Waals surface area contributed by atoms with Crippen molar-refractivity contribution in [1.29, 1.82) is 0 Å². The van der Waals surface area contributed by atoms with Crippen molar-refractivity contribution in [2.45, 2.75) is 18.9 Å². The maximum Gasteiger partial charge on any atom is 0.317 e. The van der Waals surface area contributed by atoms with Gasteiger partial charge in [-0.15, -0.1) is 0 Å². The first-order valence-corrected chi connectivity index (χ1v) is 7.64. The van der Waals surface area contributed by atoms with Crippen LogP contribution in [0.2, 0.25) is 5.02 Å². The second-order valence-electron chi connectivity index (χ2n) is 5.58. The fraction of sp³-hybridized carbons (Fsp3) is 0.533. The normalized spacial score (nSPS) is 24.4. The number of halogens is 1. The number of urea groups is 1. The van der Waals surface area contributed by atoms with Gasteiger partial charge in [-0.3, -0.25) is 0 Å². The van der Waals surface area contributed by atoms with Crippen LogP contribution < -0.4 is 10.1 Å². The largest absolute Gasteiger partial charge is 0.492 e. The predicted molar refractivity (Wildman–Crippen MR) is 79.6 cm³/mol. The molecular formula is C15H19ClN2O3. The summed E-state index contributed by atoms with van der Waals surface area (Å²) in [6, 6.07) is 5.44. The second kappa shape index (κ2) is 6.12. The summed E-state index contributed by atoms with van der Waals surface area (Å²) in [4.78, 5) is 14.1. The van der Waals surface area contributed by atoms with Crippen LogP contribution in [0.4, 0.5) is 4.79 Å². The molecule has 1 aromatic rings. The maximum atomic E-state index is 12.3. The van der Waals surface area contributed by atoms with Crippen molar-refractivity contribution in [2.75, 3.05) is 26.3 Å². The third kappa shape index (κ3) is 2.94. The lowest BCUT2D eigenvalue weighted by Gasteiger charge is -2.29. The smallest absolute Gasteiger partial charge is 0.317 e. The number of aliphatic hydroxyl groups excluding tert-OH is 1. The lowest BCUT2D eigenvalue weighted by atomic mass is 10.0. The summed E-state index contributed by atoms with van der Waals surface area (Å²) >= 11 is 6.13. The number of carbonyl (C=O) groups excluding carboxylic acids is 1. The van der Waals surface area contributed by atoms with E-state index in [-0.39, 0.29) is 24.6 Å². The van der Waals surface area contributed by atoms with Gasteiger partial charge in [-0.1, -0.05) is 23.7 Å². The number of aliphatic hydroxyl groups is 1. The zero-order chi connectivity index (χ0) is 14.8. The summed E-state index contributed by atoms with van der Waals surface area (Å²) in [6.45, 7) is 2.00. The number of amides is 2. The van der Waals surface area contributed by atoms with Crippen molar-refractivity contribution in [1.82, 2.24) is 10.2 Å². The molecule has 1 saturated heterocycles. The van der Waals surface area contributed by atoms with E-state index in [0.717, 1.165) is 18.4 Å². The molecule has 2 amide bonds. The highest BCUT2D eigenvalue weighted by Crippen LogP contribution is 2.37. The van der Waals surface area contributed by atoms with Gasteiger partial charge in [0.15, 0.2) is 0 Å². The maximum absolute atomic E-state index is 12.3. The highest BCUT2D eigenvalue weighted by atomic mass is 35.5. The molecule has 0 aromatic heterocycles. The van der Waals surface area contributed by atoms with E-state index in [2.05, 4.69) is 5.32 Å². The van der Waals surface area contributed by atoms with E-state index in [9.17, 15) is 4.79 Å². The standard InChI is InChI=1S/C15H19ClN2O3/c16-12-3-1-2-11-13(5-7-21-14(11)12)17-15(20)18-6-4-10(8-18)9-19/h1-3,10,13,19H,4-9H2,(H,17,20). The van der Waals surface area contributed by atoms with E-state index < -0.39 is 0 Å². The molecule has 2 aliphatic rings. The highest BCUT2D eigenvalue weighted by Gasteiger charge is 2.29. The first-order chi connectivity index (χ1) is 10.2. The molecule has 1 aromatic carbocycles. The van der Waals surface area contributed by atoms with Crippen LogP contribution in [-0.2, 0) is 0 Å². The molecule has 2 unspecified atom stereocenters. The molecule has 0 bridgehead atoms. The van der Waals surface area contributed by atoms with E-state index in [1.165, 1.54) is 0 Å². The van der Waals surface area contributed by atoms with Crippen LogP contribution >= 0.6 is 11.6 Å². The van der Waals surface area contributed by atoms with Gasteiger partial charge in [0.05, 0.1) is 17.7 Å². The molecule has 0 radical (unpaired) electrons. The molecule has 2 N–H and O–H groups in total. The second-order valence-corrected chi connectivity index (χ2v) is 5.99. The number of hydrogen-bond donors (Lipinski definition) is 2. The van der Waals surface area contributed by atoms with Crippen LogP contribution in [0.5, 0.6) is 5.75 Å². The summed E-state index contributed by atoms with van der Waals surface area (Å²) < 4.78 is 5.60. The Labute approximate surface area is 128 Å². The Morgan fingerprint density at radius 3 is 3.10 bits per heavy atom. The molecule has 0 spiro atoms. The number of likely N-dealkylation sites (tertiary alicyclic amines) is 1. The van der Waals surface area contributed by atoms with Gasteiger partial charge >= 0.3 is 6.03 Å². The number of nitrogens with one attached hydrogen (secondary N) is 1. The van der Waals surface area contributed by atoms with E-state index in [1.54, 1.807) is 11.0 Å². The van der Waals surface area contributed by atoms with Crippen LogP contribution in [-0.4, -0.2) is 42.3 Å². The Balaban J connectivity index is 1.69. The minimum Gasteiger partial charge on any atom is -0.492 e. The first-order valence-electron chi connectivity index (χ1n) is 7.26. The molecule has 5 nitrogen and oxygen atoms in total. The number of rotatable bonds is 2. The van der Waals surface area contributed by atoms with Gasteiger partial charge in [-0.05, 0) is 12.5 Å². The monoisotopic (exact) mass is 310 g/mol. The number of carbonyl (C=O) groups is 1. The van der Waals surface area contributed by atoms with Gasteiger partial charge in [0.2, 0.25) is 0 Å². The molecule has 2 atom stereocenters. The summed E-state index contributed by atoms with van der Waals surface area (Å²) in [5.41, 5.74) is 0.931. The molecule has 1 fully saturated rings. The molecule has 21 heavy (non-hydrogen) atoms. The van der Waals surface area contributed by atoms with E-state index in [4.69, 9.17) is 21.4 Å². The number of nitrogens with zero attached hydrogens (tertiary/aromatic N) is 1. The van der Waals surface area contributed by atoms with Crippen molar-refractivity contribution in [3.05, 3.63) is 28.8 Å². The van der Waals surface area contributed by atoms with E-state index >= 15 is 0 Å². The molecule has 114 valence electrons. The fourth-order valence-corrected chi connectivity index (χ4v) is 3.18. The first kappa shape index (κ1) is 14.5. The average molecular weight is 311 g/mol. The Morgan fingerprint density at radius 1 is 1.48 bits per heavy atom. The molecule has 2 heterocycles. The minimum atomic E-state index is -0.0798. The molecule has 2 aliphatic heterocycles. The molecule has 6 heteroatoms. The minimum absolute atomic E-state index is 0.0758.